The number of hydroxylamine groups is 1. The van der Waals surface area contributed by atoms with Crippen LogP contribution in [0.15, 0.2) is 59.5 Å². The maximum Gasteiger partial charge on any atom is 0.274 e. The van der Waals surface area contributed by atoms with E-state index in [0.717, 1.165) is 24.8 Å². The molecule has 2 aromatic rings. The van der Waals surface area contributed by atoms with Crippen LogP contribution in [-0.2, 0) is 21.5 Å². The summed E-state index contributed by atoms with van der Waals surface area (Å²) in [5.41, 5.74) is 3.54. The van der Waals surface area contributed by atoms with E-state index in [4.69, 9.17) is 4.84 Å². The molecular formula is C20H24N2O4S. The molecule has 0 bridgehead atoms. The average Bonchev–Trinajstić information content (AvgIpc) is 2.69. The first-order valence-electron chi connectivity index (χ1n) is 9.06. The summed E-state index contributed by atoms with van der Waals surface area (Å²) in [5, 5.41) is 0. The number of piperidine rings is 1. The van der Waals surface area contributed by atoms with Gasteiger partial charge < -0.3 is 0 Å². The van der Waals surface area contributed by atoms with Gasteiger partial charge in [0.15, 0.2) is 0 Å². The number of nitrogens with zero attached hydrogens (tertiary/aromatic N) is 1. The van der Waals surface area contributed by atoms with E-state index >= 15 is 0 Å². The Morgan fingerprint density at radius 2 is 1.93 bits per heavy atom. The minimum absolute atomic E-state index is 0.0320. The lowest BCUT2D eigenvalue weighted by Crippen LogP contribution is -2.42. The highest BCUT2D eigenvalue weighted by atomic mass is 32.2. The molecule has 0 aliphatic carbocycles. The van der Waals surface area contributed by atoms with E-state index < -0.39 is 15.9 Å². The Kier molecular flexibility index (Phi) is 6.26. The topological polar surface area (TPSA) is 75.7 Å². The molecule has 1 aliphatic rings. The van der Waals surface area contributed by atoms with Gasteiger partial charge in [0.25, 0.3) is 5.91 Å². The fraction of sp³-hybridized carbons (Fsp3) is 0.350. The predicted octanol–water partition coefficient (Wildman–Crippen LogP) is 3.11. The molecule has 1 saturated heterocycles. The summed E-state index contributed by atoms with van der Waals surface area (Å²) in [6.07, 6.45) is 2.75. The van der Waals surface area contributed by atoms with Gasteiger partial charge in [0, 0.05) is 18.2 Å². The molecule has 1 atom stereocenters. The normalized spacial score (nSPS) is 18.2. The van der Waals surface area contributed by atoms with E-state index in [0.29, 0.717) is 6.54 Å². The summed E-state index contributed by atoms with van der Waals surface area (Å²) in [7, 11) is -3.62. The molecule has 1 aliphatic heterocycles. The summed E-state index contributed by atoms with van der Waals surface area (Å²) in [6.45, 7) is 2.67. The third-order valence-electron chi connectivity index (χ3n) is 4.69. The maximum atomic E-state index is 12.9. The molecular weight excluding hydrogens is 364 g/mol. The largest absolute Gasteiger partial charge is 0.274 e. The Balaban J connectivity index is 1.68. The van der Waals surface area contributed by atoms with E-state index in [1.165, 1.54) is 16.4 Å². The minimum Gasteiger partial charge on any atom is -0.269 e. The molecule has 144 valence electrons. The van der Waals surface area contributed by atoms with Gasteiger partial charge in [-0.25, -0.2) is 13.9 Å². The average molecular weight is 388 g/mol. The summed E-state index contributed by atoms with van der Waals surface area (Å²) >= 11 is 0. The number of amides is 1. The summed E-state index contributed by atoms with van der Waals surface area (Å²) in [5.74, 6) is -0.477. The van der Waals surface area contributed by atoms with Gasteiger partial charge in [-0.3, -0.25) is 9.63 Å². The number of rotatable bonds is 6. The lowest BCUT2D eigenvalue weighted by Gasteiger charge is -2.32. The molecule has 1 amide bonds. The summed E-state index contributed by atoms with van der Waals surface area (Å²) < 4.78 is 27.4. The predicted molar refractivity (Wildman–Crippen MR) is 102 cm³/mol. The zero-order chi connectivity index (χ0) is 19.3. The van der Waals surface area contributed by atoms with E-state index in [9.17, 15) is 13.2 Å². The van der Waals surface area contributed by atoms with Crippen molar-refractivity contribution in [1.82, 2.24) is 9.79 Å². The van der Waals surface area contributed by atoms with Gasteiger partial charge in [-0.1, -0.05) is 42.8 Å². The Labute approximate surface area is 160 Å². The molecule has 7 heteroatoms. The van der Waals surface area contributed by atoms with Crippen molar-refractivity contribution in [3.8, 4) is 0 Å². The highest BCUT2D eigenvalue weighted by Crippen LogP contribution is 2.25. The molecule has 0 radical (unpaired) electrons. The molecule has 0 saturated carbocycles. The fourth-order valence-electron chi connectivity index (χ4n) is 3.18. The molecule has 0 spiro atoms. The molecule has 1 fully saturated rings. The molecule has 2 aromatic carbocycles. The highest BCUT2D eigenvalue weighted by Gasteiger charge is 2.31. The first-order chi connectivity index (χ1) is 13.0. The lowest BCUT2D eigenvalue weighted by molar-refractivity contribution is 0.0233. The molecule has 1 unspecified atom stereocenters. The van der Waals surface area contributed by atoms with Crippen LogP contribution in [0.5, 0.6) is 0 Å². The second kappa shape index (κ2) is 8.65. The third-order valence-corrected chi connectivity index (χ3v) is 6.70. The third kappa shape index (κ3) is 4.74. The van der Waals surface area contributed by atoms with Crippen LogP contribution >= 0.6 is 0 Å². The Bertz CT molecular complexity index is 884. The van der Waals surface area contributed by atoms with Crippen LogP contribution in [0.25, 0.3) is 0 Å². The van der Waals surface area contributed by atoms with Crippen molar-refractivity contribution in [2.24, 2.45) is 0 Å². The van der Waals surface area contributed by atoms with Crippen molar-refractivity contribution in [3.05, 3.63) is 65.7 Å². The van der Waals surface area contributed by atoms with Crippen molar-refractivity contribution in [2.45, 2.75) is 43.7 Å². The molecule has 3 rings (SSSR count). The van der Waals surface area contributed by atoms with E-state index in [1.54, 1.807) is 12.1 Å². The molecule has 1 N–H and O–H groups in total. The fourth-order valence-corrected chi connectivity index (χ4v) is 4.93. The van der Waals surface area contributed by atoms with Crippen molar-refractivity contribution in [2.75, 3.05) is 6.54 Å². The zero-order valence-corrected chi connectivity index (χ0v) is 16.1. The van der Waals surface area contributed by atoms with Crippen LogP contribution in [0, 0.1) is 0 Å². The van der Waals surface area contributed by atoms with E-state index in [2.05, 4.69) is 5.48 Å². The number of sulfonamides is 1. The van der Waals surface area contributed by atoms with Gasteiger partial charge in [0.05, 0.1) is 11.5 Å². The first-order valence-corrected chi connectivity index (χ1v) is 10.5. The number of carbonyl (C=O) groups excluding carboxylic acids is 1. The van der Waals surface area contributed by atoms with Crippen LogP contribution in [0.1, 0.15) is 42.1 Å². The van der Waals surface area contributed by atoms with Crippen LogP contribution in [0.3, 0.4) is 0 Å². The van der Waals surface area contributed by atoms with Crippen LogP contribution in [0.4, 0.5) is 0 Å². The van der Waals surface area contributed by atoms with Crippen molar-refractivity contribution < 1.29 is 18.0 Å². The number of benzene rings is 2. The highest BCUT2D eigenvalue weighted by molar-refractivity contribution is 7.89. The standard InChI is InChI=1S/C20H24N2O4S/c1-16-8-5-6-13-22(16)27(24,25)19-12-7-11-18(14-19)20(23)21-26-15-17-9-3-2-4-10-17/h2-4,7,9-12,14,16H,5-6,8,13,15H2,1H3,(H,21,23). The van der Waals surface area contributed by atoms with Gasteiger partial charge >= 0.3 is 0 Å². The SMILES string of the molecule is CC1CCCCN1S(=O)(=O)c1cccc(C(=O)NOCc2ccccc2)c1. The smallest absolute Gasteiger partial charge is 0.269 e. The Morgan fingerprint density at radius 3 is 2.67 bits per heavy atom. The number of nitrogens with one attached hydrogen (secondary N) is 1. The number of hydrogen-bond donors (Lipinski definition) is 1. The van der Waals surface area contributed by atoms with Crippen molar-refractivity contribution in [1.29, 1.82) is 0 Å². The summed E-state index contributed by atoms with van der Waals surface area (Å²) in [4.78, 5) is 17.7. The first kappa shape index (κ1) is 19.5. The number of carbonyl (C=O) groups is 1. The Morgan fingerprint density at radius 1 is 1.15 bits per heavy atom. The zero-order valence-electron chi connectivity index (χ0n) is 15.3. The monoisotopic (exact) mass is 388 g/mol. The van der Waals surface area contributed by atoms with Gasteiger partial charge in [0.2, 0.25) is 10.0 Å². The van der Waals surface area contributed by atoms with Crippen LogP contribution < -0.4 is 5.48 Å². The molecule has 27 heavy (non-hydrogen) atoms. The van der Waals surface area contributed by atoms with Gasteiger partial charge in [-0.05, 0) is 43.5 Å². The van der Waals surface area contributed by atoms with Crippen molar-refractivity contribution >= 4 is 15.9 Å². The Hall–Kier alpha value is -2.22. The van der Waals surface area contributed by atoms with E-state index in [-0.39, 0.29) is 23.1 Å². The van der Waals surface area contributed by atoms with E-state index in [1.807, 2.05) is 37.3 Å². The quantitative estimate of drug-likeness (QED) is 0.772. The minimum atomic E-state index is -3.62. The second-order valence-corrected chi connectivity index (χ2v) is 8.58. The van der Waals surface area contributed by atoms with Gasteiger partial charge in [-0.15, -0.1) is 0 Å². The number of hydrogen-bond acceptors (Lipinski definition) is 4. The van der Waals surface area contributed by atoms with Crippen LogP contribution in [-0.4, -0.2) is 31.2 Å². The molecule has 6 nitrogen and oxygen atoms in total. The van der Waals surface area contributed by atoms with Gasteiger partial charge in [-0.2, -0.15) is 4.31 Å². The maximum absolute atomic E-state index is 12.9. The van der Waals surface area contributed by atoms with Gasteiger partial charge in [0.1, 0.15) is 0 Å². The van der Waals surface area contributed by atoms with Crippen LogP contribution in [0.2, 0.25) is 0 Å². The van der Waals surface area contributed by atoms with Crippen molar-refractivity contribution in [3.63, 3.8) is 0 Å². The molecule has 1 heterocycles. The lowest BCUT2D eigenvalue weighted by atomic mass is 10.1. The summed E-state index contributed by atoms with van der Waals surface area (Å²) in [6, 6.07) is 15.5. The molecule has 0 aromatic heterocycles. The second-order valence-electron chi connectivity index (χ2n) is 6.69.